The highest BCUT2D eigenvalue weighted by molar-refractivity contribution is 9.10. The number of aromatic nitrogens is 1. The number of hydrogen-bond acceptors (Lipinski definition) is 4. The van der Waals surface area contributed by atoms with Gasteiger partial charge in [0.2, 0.25) is 0 Å². The lowest BCUT2D eigenvalue weighted by atomic mass is 10.1. The molecule has 0 saturated carbocycles. The van der Waals surface area contributed by atoms with E-state index >= 15 is 0 Å². The molecule has 1 aromatic heterocycles. The van der Waals surface area contributed by atoms with Crippen LogP contribution in [0.4, 0.5) is 0 Å². The molecule has 1 aromatic rings. The quantitative estimate of drug-likeness (QED) is 0.628. The molecule has 1 aliphatic rings. The molecular formula is C14H20BrN3O2. The Labute approximate surface area is 127 Å². The number of rotatable bonds is 5. The van der Waals surface area contributed by atoms with Crippen molar-refractivity contribution in [3.8, 4) is 0 Å². The van der Waals surface area contributed by atoms with Gasteiger partial charge in [-0.2, -0.15) is 0 Å². The van der Waals surface area contributed by atoms with Crippen molar-refractivity contribution in [2.75, 3.05) is 26.2 Å². The van der Waals surface area contributed by atoms with E-state index in [1.807, 2.05) is 0 Å². The van der Waals surface area contributed by atoms with Crippen LogP contribution in [0.15, 0.2) is 22.9 Å². The normalized spacial score (nSPS) is 17.1. The summed E-state index contributed by atoms with van der Waals surface area (Å²) in [5.41, 5.74) is 0.618. The van der Waals surface area contributed by atoms with E-state index in [4.69, 9.17) is 0 Å². The molecule has 0 aliphatic carbocycles. The van der Waals surface area contributed by atoms with Crippen molar-refractivity contribution < 1.29 is 9.90 Å². The minimum absolute atomic E-state index is 0.0674. The van der Waals surface area contributed by atoms with E-state index in [9.17, 15) is 9.90 Å². The van der Waals surface area contributed by atoms with Crippen LogP contribution in [-0.2, 0) is 0 Å². The minimum Gasteiger partial charge on any atom is -0.393 e. The van der Waals surface area contributed by atoms with Crippen molar-refractivity contribution in [3.05, 3.63) is 28.5 Å². The fourth-order valence-electron chi connectivity index (χ4n) is 2.29. The fourth-order valence-corrected chi connectivity index (χ4v) is 2.66. The summed E-state index contributed by atoms with van der Waals surface area (Å²) < 4.78 is 0.664. The number of likely N-dealkylation sites (tertiary alicyclic amines) is 1. The number of aliphatic hydroxyl groups excluding tert-OH is 1. The summed E-state index contributed by atoms with van der Waals surface area (Å²) in [6.07, 6.45) is 4.12. The molecule has 0 spiro atoms. The second-order valence-electron chi connectivity index (χ2n) is 5.05. The van der Waals surface area contributed by atoms with Crippen LogP contribution in [0.1, 0.15) is 29.6 Å². The van der Waals surface area contributed by atoms with Gasteiger partial charge in [-0.05, 0) is 53.9 Å². The number of halogens is 1. The van der Waals surface area contributed by atoms with Crippen LogP contribution in [-0.4, -0.2) is 53.2 Å². The molecule has 0 unspecified atom stereocenters. The second-order valence-corrected chi connectivity index (χ2v) is 5.86. The SMILES string of the molecule is O=C(NCCCN1CCC(O)CC1)c1ccnc(Br)c1. The van der Waals surface area contributed by atoms with Crippen LogP contribution in [0, 0.1) is 0 Å². The number of amides is 1. The molecule has 2 rings (SSSR count). The highest BCUT2D eigenvalue weighted by Crippen LogP contribution is 2.10. The van der Waals surface area contributed by atoms with Gasteiger partial charge in [-0.15, -0.1) is 0 Å². The number of aliphatic hydroxyl groups is 1. The maximum atomic E-state index is 11.9. The highest BCUT2D eigenvalue weighted by atomic mass is 79.9. The van der Waals surface area contributed by atoms with Gasteiger partial charge in [-0.3, -0.25) is 4.79 Å². The largest absolute Gasteiger partial charge is 0.393 e. The zero-order chi connectivity index (χ0) is 14.4. The van der Waals surface area contributed by atoms with Gasteiger partial charge in [0.25, 0.3) is 5.91 Å². The maximum Gasteiger partial charge on any atom is 0.251 e. The number of pyridine rings is 1. The lowest BCUT2D eigenvalue weighted by molar-refractivity contribution is 0.0816. The summed E-state index contributed by atoms with van der Waals surface area (Å²) in [6, 6.07) is 3.41. The van der Waals surface area contributed by atoms with Crippen LogP contribution in [0.25, 0.3) is 0 Å². The Morgan fingerprint density at radius 1 is 1.50 bits per heavy atom. The Balaban J connectivity index is 1.64. The number of carbonyl (C=O) groups is 1. The van der Waals surface area contributed by atoms with Crippen LogP contribution >= 0.6 is 15.9 Å². The predicted octanol–water partition coefficient (Wildman–Crippen LogP) is 1.42. The van der Waals surface area contributed by atoms with Gasteiger partial charge in [-0.25, -0.2) is 4.98 Å². The van der Waals surface area contributed by atoms with Crippen LogP contribution < -0.4 is 5.32 Å². The molecule has 0 bridgehead atoms. The Kier molecular flexibility index (Phi) is 5.94. The van der Waals surface area contributed by atoms with Gasteiger partial charge >= 0.3 is 0 Å². The zero-order valence-electron chi connectivity index (χ0n) is 11.4. The predicted molar refractivity (Wildman–Crippen MR) is 80.6 cm³/mol. The number of nitrogens with zero attached hydrogens (tertiary/aromatic N) is 2. The molecule has 6 heteroatoms. The molecule has 0 atom stereocenters. The molecule has 1 fully saturated rings. The molecule has 20 heavy (non-hydrogen) atoms. The molecule has 0 aromatic carbocycles. The lowest BCUT2D eigenvalue weighted by Gasteiger charge is -2.29. The fraction of sp³-hybridized carbons (Fsp3) is 0.571. The van der Waals surface area contributed by atoms with Crippen molar-refractivity contribution in [1.29, 1.82) is 0 Å². The van der Waals surface area contributed by atoms with Crippen LogP contribution in [0.3, 0.4) is 0 Å². The summed E-state index contributed by atoms with van der Waals surface area (Å²) in [5, 5.41) is 12.3. The van der Waals surface area contributed by atoms with Crippen LogP contribution in [0.2, 0.25) is 0 Å². The summed E-state index contributed by atoms with van der Waals surface area (Å²) in [4.78, 5) is 18.2. The average Bonchev–Trinajstić information content (AvgIpc) is 2.45. The molecule has 1 amide bonds. The standard InChI is InChI=1S/C14H20BrN3O2/c15-13-10-11(2-6-16-13)14(20)17-5-1-7-18-8-3-12(19)4-9-18/h2,6,10,12,19H,1,3-5,7-9H2,(H,17,20). The van der Waals surface area contributed by atoms with Gasteiger partial charge in [0, 0.05) is 31.4 Å². The smallest absolute Gasteiger partial charge is 0.251 e. The zero-order valence-corrected chi connectivity index (χ0v) is 13.0. The molecule has 0 radical (unpaired) electrons. The first-order valence-corrected chi connectivity index (χ1v) is 7.74. The van der Waals surface area contributed by atoms with E-state index in [0.717, 1.165) is 38.9 Å². The number of nitrogens with one attached hydrogen (secondary N) is 1. The molecule has 2 heterocycles. The van der Waals surface area contributed by atoms with E-state index in [1.54, 1.807) is 18.3 Å². The third-order valence-corrected chi connectivity index (χ3v) is 3.92. The molecule has 2 N–H and O–H groups in total. The van der Waals surface area contributed by atoms with Crippen molar-refractivity contribution in [1.82, 2.24) is 15.2 Å². The average molecular weight is 342 g/mol. The van der Waals surface area contributed by atoms with Crippen LogP contribution in [0.5, 0.6) is 0 Å². The van der Waals surface area contributed by atoms with Gasteiger partial charge in [-0.1, -0.05) is 0 Å². The monoisotopic (exact) mass is 341 g/mol. The Bertz CT molecular complexity index is 448. The maximum absolute atomic E-state index is 11.9. The van der Waals surface area contributed by atoms with Crippen molar-refractivity contribution in [3.63, 3.8) is 0 Å². The van der Waals surface area contributed by atoms with E-state index < -0.39 is 0 Å². The summed E-state index contributed by atoms with van der Waals surface area (Å²) in [5.74, 6) is -0.0674. The van der Waals surface area contributed by atoms with E-state index in [1.165, 1.54) is 0 Å². The Morgan fingerprint density at radius 2 is 2.25 bits per heavy atom. The van der Waals surface area contributed by atoms with E-state index in [0.29, 0.717) is 16.7 Å². The van der Waals surface area contributed by atoms with Crippen molar-refractivity contribution >= 4 is 21.8 Å². The summed E-state index contributed by atoms with van der Waals surface area (Å²) in [7, 11) is 0. The minimum atomic E-state index is -0.129. The number of piperidine rings is 1. The molecular weight excluding hydrogens is 322 g/mol. The van der Waals surface area contributed by atoms with E-state index in [-0.39, 0.29) is 12.0 Å². The third kappa shape index (κ3) is 4.85. The first kappa shape index (κ1) is 15.4. The second kappa shape index (κ2) is 7.71. The number of hydrogen-bond donors (Lipinski definition) is 2. The van der Waals surface area contributed by atoms with Gasteiger partial charge in [0.1, 0.15) is 4.60 Å². The Hall–Kier alpha value is -0.980. The first-order chi connectivity index (χ1) is 9.65. The topological polar surface area (TPSA) is 65.5 Å². The van der Waals surface area contributed by atoms with Gasteiger partial charge in [0.15, 0.2) is 0 Å². The number of carbonyl (C=O) groups excluding carboxylic acids is 1. The lowest BCUT2D eigenvalue weighted by Crippen LogP contribution is -2.37. The van der Waals surface area contributed by atoms with Gasteiger partial charge < -0.3 is 15.3 Å². The third-order valence-electron chi connectivity index (χ3n) is 3.48. The Morgan fingerprint density at radius 3 is 2.95 bits per heavy atom. The van der Waals surface area contributed by atoms with E-state index in [2.05, 4.69) is 31.1 Å². The molecule has 1 aliphatic heterocycles. The van der Waals surface area contributed by atoms with Crippen molar-refractivity contribution in [2.24, 2.45) is 0 Å². The molecule has 5 nitrogen and oxygen atoms in total. The van der Waals surface area contributed by atoms with Gasteiger partial charge in [0.05, 0.1) is 6.10 Å². The molecule has 1 saturated heterocycles. The first-order valence-electron chi connectivity index (χ1n) is 6.95. The molecule has 110 valence electrons. The summed E-state index contributed by atoms with van der Waals surface area (Å²) in [6.45, 7) is 3.53. The highest BCUT2D eigenvalue weighted by Gasteiger charge is 2.16. The van der Waals surface area contributed by atoms with Crippen molar-refractivity contribution in [2.45, 2.75) is 25.4 Å². The summed E-state index contributed by atoms with van der Waals surface area (Å²) >= 11 is 3.25.